The van der Waals surface area contributed by atoms with E-state index in [0.717, 1.165) is 11.1 Å². The Bertz CT molecular complexity index is 973. The fourth-order valence-electron chi connectivity index (χ4n) is 3.81. The van der Waals surface area contributed by atoms with Gasteiger partial charge in [-0.3, -0.25) is 4.79 Å². The van der Waals surface area contributed by atoms with Gasteiger partial charge < -0.3 is 28.6 Å². The largest absolute Gasteiger partial charge is 0.497 e. The van der Waals surface area contributed by atoms with E-state index in [2.05, 4.69) is 0 Å². The molecule has 0 aromatic heterocycles. The molecule has 1 aliphatic heterocycles. The summed E-state index contributed by atoms with van der Waals surface area (Å²) in [5.74, 6) is 1.65. The Morgan fingerprint density at radius 3 is 2.10 bits per heavy atom. The third-order valence-electron chi connectivity index (χ3n) is 5.46. The van der Waals surface area contributed by atoms with Gasteiger partial charge in [-0.05, 0) is 41.5 Å². The zero-order valence-corrected chi connectivity index (χ0v) is 18.4. The van der Waals surface area contributed by atoms with Crippen LogP contribution in [0.25, 0.3) is 0 Å². The van der Waals surface area contributed by atoms with Crippen LogP contribution in [-0.2, 0) is 33.7 Å². The van der Waals surface area contributed by atoms with E-state index < -0.39 is 12.0 Å². The van der Waals surface area contributed by atoms with E-state index in [-0.39, 0.29) is 18.9 Å². The molecule has 0 spiro atoms. The van der Waals surface area contributed by atoms with Crippen molar-refractivity contribution < 1.29 is 33.3 Å². The summed E-state index contributed by atoms with van der Waals surface area (Å²) in [4.78, 5) is 27.4. The Balaban J connectivity index is 1.95. The van der Waals surface area contributed by atoms with Crippen molar-refractivity contribution in [2.24, 2.45) is 0 Å². The Kier molecular flexibility index (Phi) is 6.89. The Morgan fingerprint density at radius 1 is 0.871 bits per heavy atom. The molecular formula is C23H27NO7. The zero-order valence-electron chi connectivity index (χ0n) is 18.4. The Morgan fingerprint density at radius 2 is 1.52 bits per heavy atom. The monoisotopic (exact) mass is 429 g/mol. The van der Waals surface area contributed by atoms with Crippen LogP contribution >= 0.6 is 0 Å². The van der Waals surface area contributed by atoms with Gasteiger partial charge in [-0.25, -0.2) is 4.79 Å². The molecule has 0 saturated heterocycles. The first-order valence-electron chi connectivity index (χ1n) is 9.77. The summed E-state index contributed by atoms with van der Waals surface area (Å²) >= 11 is 0. The second kappa shape index (κ2) is 9.59. The van der Waals surface area contributed by atoms with E-state index in [9.17, 15) is 9.59 Å². The van der Waals surface area contributed by atoms with Gasteiger partial charge in [0.05, 0.1) is 42.0 Å². The summed E-state index contributed by atoms with van der Waals surface area (Å²) in [6.45, 7) is 0.251. The third-order valence-corrected chi connectivity index (χ3v) is 5.46. The lowest BCUT2D eigenvalue weighted by Crippen LogP contribution is -2.49. The predicted molar refractivity (Wildman–Crippen MR) is 113 cm³/mol. The van der Waals surface area contributed by atoms with Crippen molar-refractivity contribution in [2.75, 3.05) is 35.5 Å². The van der Waals surface area contributed by atoms with Gasteiger partial charge in [-0.2, -0.15) is 0 Å². The minimum absolute atomic E-state index is 0.0521. The van der Waals surface area contributed by atoms with Crippen LogP contribution < -0.4 is 18.9 Å². The Hall–Kier alpha value is -3.42. The number of esters is 1. The molecule has 1 unspecified atom stereocenters. The number of ether oxygens (including phenoxy) is 5. The summed E-state index contributed by atoms with van der Waals surface area (Å²) in [6.07, 6.45) is 0.375. The summed E-state index contributed by atoms with van der Waals surface area (Å²) in [5, 5.41) is 0. The van der Waals surface area contributed by atoms with E-state index >= 15 is 0 Å². The van der Waals surface area contributed by atoms with E-state index in [0.29, 0.717) is 35.0 Å². The second-order valence-electron chi connectivity index (χ2n) is 7.10. The number of amides is 1. The van der Waals surface area contributed by atoms with Crippen molar-refractivity contribution in [2.45, 2.75) is 25.4 Å². The predicted octanol–water partition coefficient (Wildman–Crippen LogP) is 2.39. The van der Waals surface area contributed by atoms with Crippen LogP contribution in [0, 0.1) is 0 Å². The van der Waals surface area contributed by atoms with Gasteiger partial charge in [0.1, 0.15) is 17.5 Å². The number of carbonyl (C=O) groups is 2. The SMILES string of the molecule is COC(=O)C1Cc2cc(OC)c(OC)cc2CN1C(=O)Cc1cc(OC)ccc1OC. The Labute approximate surface area is 181 Å². The third kappa shape index (κ3) is 4.52. The number of benzene rings is 2. The number of fused-ring (bicyclic) bond motifs is 1. The van der Waals surface area contributed by atoms with Crippen molar-refractivity contribution in [1.82, 2.24) is 4.90 Å². The molecule has 0 fully saturated rings. The average Bonchev–Trinajstić information content (AvgIpc) is 2.81. The number of hydrogen-bond acceptors (Lipinski definition) is 7. The highest BCUT2D eigenvalue weighted by molar-refractivity contribution is 5.87. The molecule has 1 heterocycles. The molecule has 3 rings (SSSR count). The maximum Gasteiger partial charge on any atom is 0.328 e. The fraction of sp³-hybridized carbons (Fsp3) is 0.391. The normalized spacial score (nSPS) is 15.0. The minimum Gasteiger partial charge on any atom is -0.497 e. The van der Waals surface area contributed by atoms with Crippen molar-refractivity contribution in [3.8, 4) is 23.0 Å². The zero-order chi connectivity index (χ0) is 22.5. The topological polar surface area (TPSA) is 83.5 Å². The number of rotatable bonds is 7. The van der Waals surface area contributed by atoms with E-state index in [1.807, 2.05) is 12.1 Å². The molecule has 0 bridgehead atoms. The van der Waals surface area contributed by atoms with Gasteiger partial charge in [0.15, 0.2) is 11.5 Å². The molecule has 1 amide bonds. The molecule has 166 valence electrons. The molecule has 0 aliphatic carbocycles. The van der Waals surface area contributed by atoms with Gasteiger partial charge in [-0.1, -0.05) is 0 Å². The first kappa shape index (κ1) is 22.3. The molecule has 0 N–H and O–H groups in total. The molecule has 8 nitrogen and oxygen atoms in total. The highest BCUT2D eigenvalue weighted by atomic mass is 16.5. The van der Waals surface area contributed by atoms with Crippen molar-refractivity contribution in [3.63, 3.8) is 0 Å². The molecular weight excluding hydrogens is 402 g/mol. The minimum atomic E-state index is -0.736. The van der Waals surface area contributed by atoms with Crippen molar-refractivity contribution in [1.29, 1.82) is 0 Å². The van der Waals surface area contributed by atoms with Crippen LogP contribution in [0.3, 0.4) is 0 Å². The number of hydrogen-bond donors (Lipinski definition) is 0. The standard InChI is InChI=1S/C23H27NO7/c1-27-17-6-7-19(28-2)15(8-17)12-22(25)24-13-16-11-21(30-4)20(29-3)10-14(16)9-18(24)23(26)31-5/h6-8,10-11,18H,9,12-13H2,1-5H3. The highest BCUT2D eigenvalue weighted by Gasteiger charge is 2.36. The van der Waals surface area contributed by atoms with Crippen LogP contribution in [0.4, 0.5) is 0 Å². The second-order valence-corrected chi connectivity index (χ2v) is 7.10. The number of carbonyl (C=O) groups excluding carboxylic acids is 2. The van der Waals surface area contributed by atoms with Crippen LogP contribution in [0.1, 0.15) is 16.7 Å². The molecule has 0 saturated carbocycles. The summed E-state index contributed by atoms with van der Waals surface area (Å²) < 4.78 is 26.4. The van der Waals surface area contributed by atoms with Gasteiger partial charge in [0.2, 0.25) is 5.91 Å². The fourth-order valence-corrected chi connectivity index (χ4v) is 3.81. The van der Waals surface area contributed by atoms with Crippen LogP contribution in [0.15, 0.2) is 30.3 Å². The first-order valence-corrected chi connectivity index (χ1v) is 9.77. The van der Waals surface area contributed by atoms with Crippen LogP contribution in [-0.4, -0.2) is 58.4 Å². The van der Waals surface area contributed by atoms with E-state index in [1.54, 1.807) is 51.5 Å². The molecule has 1 aliphatic rings. The van der Waals surface area contributed by atoms with Crippen molar-refractivity contribution in [3.05, 3.63) is 47.0 Å². The summed E-state index contributed by atoms with van der Waals surface area (Å²) in [6, 6.07) is 8.23. The lowest BCUT2D eigenvalue weighted by atomic mass is 9.92. The number of methoxy groups -OCH3 is 5. The lowest BCUT2D eigenvalue weighted by Gasteiger charge is -2.35. The maximum atomic E-state index is 13.3. The van der Waals surface area contributed by atoms with Crippen LogP contribution in [0.2, 0.25) is 0 Å². The summed E-state index contributed by atoms with van der Waals surface area (Å²) in [7, 11) is 7.54. The average molecular weight is 429 g/mol. The molecule has 0 radical (unpaired) electrons. The molecule has 8 heteroatoms. The van der Waals surface area contributed by atoms with Gasteiger partial charge in [0.25, 0.3) is 0 Å². The smallest absolute Gasteiger partial charge is 0.328 e. The lowest BCUT2D eigenvalue weighted by molar-refractivity contribution is -0.153. The van der Waals surface area contributed by atoms with Gasteiger partial charge >= 0.3 is 5.97 Å². The van der Waals surface area contributed by atoms with Gasteiger partial charge in [0, 0.05) is 18.5 Å². The maximum absolute atomic E-state index is 13.3. The van der Waals surface area contributed by atoms with Gasteiger partial charge in [-0.15, -0.1) is 0 Å². The molecule has 2 aromatic rings. The van der Waals surface area contributed by atoms with Crippen molar-refractivity contribution >= 4 is 11.9 Å². The van der Waals surface area contributed by atoms with Crippen LogP contribution in [0.5, 0.6) is 23.0 Å². The quantitative estimate of drug-likeness (QED) is 0.625. The first-order chi connectivity index (χ1) is 14.9. The molecule has 31 heavy (non-hydrogen) atoms. The molecule has 2 aromatic carbocycles. The summed E-state index contributed by atoms with van der Waals surface area (Å²) in [5.41, 5.74) is 2.48. The highest BCUT2D eigenvalue weighted by Crippen LogP contribution is 2.35. The number of nitrogens with zero attached hydrogens (tertiary/aromatic N) is 1. The van der Waals surface area contributed by atoms with E-state index in [4.69, 9.17) is 23.7 Å². The molecule has 1 atom stereocenters. The van der Waals surface area contributed by atoms with E-state index in [1.165, 1.54) is 7.11 Å².